The summed E-state index contributed by atoms with van der Waals surface area (Å²) in [6.07, 6.45) is -0.592. The quantitative estimate of drug-likeness (QED) is 0.352. The van der Waals surface area contributed by atoms with Crippen LogP contribution in [0.15, 0.2) is 88.1 Å². The van der Waals surface area contributed by atoms with E-state index in [1.165, 1.54) is 11.0 Å². The van der Waals surface area contributed by atoms with Crippen LogP contribution >= 0.6 is 11.6 Å². The zero-order valence-electron chi connectivity index (χ0n) is 17.3. The first kappa shape index (κ1) is 21.1. The second kappa shape index (κ2) is 7.99. The molecule has 33 heavy (non-hydrogen) atoms. The standard InChI is InChI=1S/C26H18ClNO5/c27-20-10-4-1-8-17(20)15-28-21-11-5-3-9-19(21)26(32,25(28)31)14-22(29)18-13-16-7-2-6-12-23(16)33-24(18)30/h1-13,32H,14-15H2. The Labute approximate surface area is 193 Å². The number of carbonyl (C=O) groups is 2. The number of para-hydroxylation sites is 2. The summed E-state index contributed by atoms with van der Waals surface area (Å²) in [5.74, 6) is -1.33. The molecule has 0 aliphatic carbocycles. The summed E-state index contributed by atoms with van der Waals surface area (Å²) in [4.78, 5) is 40.4. The number of rotatable bonds is 5. The van der Waals surface area contributed by atoms with E-state index >= 15 is 0 Å². The Morgan fingerprint density at radius 3 is 2.48 bits per heavy atom. The summed E-state index contributed by atoms with van der Waals surface area (Å²) in [6.45, 7) is 0.129. The molecule has 0 spiro atoms. The number of fused-ring (bicyclic) bond motifs is 2. The summed E-state index contributed by atoms with van der Waals surface area (Å²) in [6, 6.07) is 22.1. The Hall–Kier alpha value is -3.74. The number of aliphatic hydroxyl groups is 1. The SMILES string of the molecule is O=C(CC1(O)C(=O)N(Cc2ccccc2Cl)c2ccccc21)c1cc2ccccc2oc1=O. The second-order valence-corrected chi connectivity index (χ2v) is 8.35. The van der Waals surface area contributed by atoms with Gasteiger partial charge >= 0.3 is 5.63 Å². The first-order valence-electron chi connectivity index (χ1n) is 10.3. The van der Waals surface area contributed by atoms with Gasteiger partial charge in [-0.3, -0.25) is 9.59 Å². The summed E-state index contributed by atoms with van der Waals surface area (Å²) in [7, 11) is 0. The van der Waals surface area contributed by atoms with Crippen molar-refractivity contribution in [3.63, 3.8) is 0 Å². The number of halogens is 1. The smallest absolute Gasteiger partial charge is 0.347 e. The van der Waals surface area contributed by atoms with Crippen LogP contribution in [-0.2, 0) is 16.9 Å². The highest BCUT2D eigenvalue weighted by Gasteiger charge is 2.51. The molecule has 6 nitrogen and oxygen atoms in total. The second-order valence-electron chi connectivity index (χ2n) is 7.95. The Morgan fingerprint density at radius 2 is 1.67 bits per heavy atom. The third kappa shape index (κ3) is 3.53. The average Bonchev–Trinajstić information content (AvgIpc) is 3.02. The van der Waals surface area contributed by atoms with Crippen molar-refractivity contribution in [1.29, 1.82) is 0 Å². The molecule has 1 aliphatic heterocycles. The van der Waals surface area contributed by atoms with Crippen LogP contribution in [0.25, 0.3) is 11.0 Å². The number of ketones is 1. The maximum absolute atomic E-state index is 13.4. The van der Waals surface area contributed by atoms with Crippen LogP contribution in [0.3, 0.4) is 0 Å². The minimum Gasteiger partial charge on any atom is -0.422 e. The topological polar surface area (TPSA) is 87.8 Å². The van der Waals surface area contributed by atoms with Gasteiger partial charge in [0.15, 0.2) is 11.4 Å². The van der Waals surface area contributed by atoms with Crippen LogP contribution in [0.2, 0.25) is 5.02 Å². The summed E-state index contributed by atoms with van der Waals surface area (Å²) < 4.78 is 5.25. The molecule has 1 aliphatic rings. The van der Waals surface area contributed by atoms with E-state index in [0.717, 1.165) is 0 Å². The van der Waals surface area contributed by atoms with Crippen LogP contribution in [0.1, 0.15) is 27.9 Å². The molecular formula is C26H18ClNO5. The Balaban J connectivity index is 1.52. The normalized spacial score (nSPS) is 17.4. The monoisotopic (exact) mass is 459 g/mol. The number of Topliss-reactive ketones (excluding diaryl/α,β-unsaturated/α-hetero) is 1. The maximum atomic E-state index is 13.4. The molecule has 164 valence electrons. The molecule has 1 atom stereocenters. The van der Waals surface area contributed by atoms with E-state index < -0.39 is 29.3 Å². The lowest BCUT2D eigenvalue weighted by Crippen LogP contribution is -2.42. The predicted molar refractivity (Wildman–Crippen MR) is 124 cm³/mol. The Bertz CT molecular complexity index is 1480. The molecule has 3 aromatic carbocycles. The van der Waals surface area contributed by atoms with Crippen LogP contribution < -0.4 is 10.5 Å². The van der Waals surface area contributed by atoms with Gasteiger partial charge in [0.1, 0.15) is 11.1 Å². The van der Waals surface area contributed by atoms with E-state index in [-0.39, 0.29) is 12.1 Å². The fourth-order valence-electron chi connectivity index (χ4n) is 4.22. The maximum Gasteiger partial charge on any atom is 0.347 e. The molecule has 5 rings (SSSR count). The van der Waals surface area contributed by atoms with Crippen molar-refractivity contribution >= 4 is 39.9 Å². The lowest BCUT2D eigenvalue weighted by Gasteiger charge is -2.23. The number of nitrogens with zero attached hydrogens (tertiary/aromatic N) is 1. The molecule has 1 N–H and O–H groups in total. The van der Waals surface area contributed by atoms with Crippen molar-refractivity contribution < 1.29 is 19.1 Å². The fourth-order valence-corrected chi connectivity index (χ4v) is 4.41. The molecule has 7 heteroatoms. The number of hydrogen-bond donors (Lipinski definition) is 1. The van der Waals surface area contributed by atoms with Gasteiger partial charge in [0, 0.05) is 16.0 Å². The lowest BCUT2D eigenvalue weighted by atomic mass is 9.88. The van der Waals surface area contributed by atoms with Gasteiger partial charge in [-0.2, -0.15) is 0 Å². The van der Waals surface area contributed by atoms with Gasteiger partial charge in [-0.05, 0) is 29.8 Å². The molecule has 1 unspecified atom stereocenters. The van der Waals surface area contributed by atoms with Crippen LogP contribution in [0.5, 0.6) is 0 Å². The number of anilines is 1. The van der Waals surface area contributed by atoms with Gasteiger partial charge in [-0.15, -0.1) is 0 Å². The average molecular weight is 460 g/mol. The Morgan fingerprint density at radius 1 is 0.970 bits per heavy atom. The largest absolute Gasteiger partial charge is 0.422 e. The van der Waals surface area contributed by atoms with Crippen molar-refractivity contribution in [2.45, 2.75) is 18.6 Å². The molecule has 0 saturated carbocycles. The summed E-state index contributed by atoms with van der Waals surface area (Å²) in [5.41, 5.74) is -1.29. The minimum atomic E-state index is -2.12. The molecule has 0 saturated heterocycles. The van der Waals surface area contributed by atoms with Gasteiger partial charge in [0.2, 0.25) is 0 Å². The fraction of sp³-hybridized carbons (Fsp3) is 0.115. The number of hydrogen-bond acceptors (Lipinski definition) is 5. The molecular weight excluding hydrogens is 442 g/mol. The highest BCUT2D eigenvalue weighted by molar-refractivity contribution is 6.31. The van der Waals surface area contributed by atoms with E-state index in [9.17, 15) is 19.5 Å². The zero-order chi connectivity index (χ0) is 23.2. The van der Waals surface area contributed by atoms with E-state index in [2.05, 4.69) is 0 Å². The van der Waals surface area contributed by atoms with E-state index in [0.29, 0.717) is 32.8 Å². The number of amides is 1. The van der Waals surface area contributed by atoms with Gasteiger partial charge in [0.05, 0.1) is 18.7 Å². The highest BCUT2D eigenvalue weighted by atomic mass is 35.5. The van der Waals surface area contributed by atoms with Crippen molar-refractivity contribution in [2.75, 3.05) is 4.90 Å². The molecule has 2 heterocycles. The third-order valence-electron chi connectivity index (χ3n) is 5.88. The van der Waals surface area contributed by atoms with E-state index in [1.807, 2.05) is 6.07 Å². The van der Waals surface area contributed by atoms with Crippen molar-refractivity contribution in [3.05, 3.63) is 111 Å². The van der Waals surface area contributed by atoms with Crippen molar-refractivity contribution in [2.24, 2.45) is 0 Å². The lowest BCUT2D eigenvalue weighted by molar-refractivity contribution is -0.136. The van der Waals surface area contributed by atoms with Crippen molar-refractivity contribution in [3.8, 4) is 0 Å². The number of carbonyl (C=O) groups excluding carboxylic acids is 2. The van der Waals surface area contributed by atoms with Gasteiger partial charge in [-0.1, -0.05) is 66.2 Å². The highest BCUT2D eigenvalue weighted by Crippen LogP contribution is 2.43. The number of benzene rings is 3. The minimum absolute atomic E-state index is 0.129. The first-order valence-corrected chi connectivity index (χ1v) is 10.7. The predicted octanol–water partition coefficient (Wildman–Crippen LogP) is 4.45. The first-order chi connectivity index (χ1) is 15.9. The molecule has 4 aromatic rings. The molecule has 1 aromatic heterocycles. The molecule has 0 fully saturated rings. The van der Waals surface area contributed by atoms with Crippen LogP contribution in [0.4, 0.5) is 5.69 Å². The van der Waals surface area contributed by atoms with Gasteiger partial charge < -0.3 is 14.4 Å². The van der Waals surface area contributed by atoms with E-state index in [1.54, 1.807) is 66.7 Å². The Kier molecular flexibility index (Phi) is 5.12. The van der Waals surface area contributed by atoms with Crippen LogP contribution in [0, 0.1) is 0 Å². The van der Waals surface area contributed by atoms with Gasteiger partial charge in [-0.25, -0.2) is 4.79 Å². The van der Waals surface area contributed by atoms with Gasteiger partial charge in [0.25, 0.3) is 5.91 Å². The zero-order valence-corrected chi connectivity index (χ0v) is 18.1. The molecule has 0 radical (unpaired) electrons. The van der Waals surface area contributed by atoms with Crippen molar-refractivity contribution in [1.82, 2.24) is 0 Å². The molecule has 1 amide bonds. The summed E-state index contributed by atoms with van der Waals surface area (Å²) >= 11 is 6.28. The molecule has 0 bridgehead atoms. The summed E-state index contributed by atoms with van der Waals surface area (Å²) in [5, 5.41) is 12.6. The third-order valence-corrected chi connectivity index (χ3v) is 6.25. The van der Waals surface area contributed by atoms with Crippen LogP contribution in [-0.4, -0.2) is 16.8 Å². The van der Waals surface area contributed by atoms with E-state index in [4.69, 9.17) is 16.0 Å².